The van der Waals surface area contributed by atoms with Crippen LogP contribution in [0.3, 0.4) is 0 Å². The monoisotopic (exact) mass is 505 g/mol. The largest absolute Gasteiger partial charge is 0.481 e. The molecule has 196 valence electrons. The second-order valence-corrected chi connectivity index (χ2v) is 9.28. The minimum atomic E-state index is -1.41. The van der Waals surface area contributed by atoms with Crippen molar-refractivity contribution in [3.8, 4) is 0 Å². The van der Waals surface area contributed by atoms with Gasteiger partial charge in [-0.15, -0.1) is 0 Å². The van der Waals surface area contributed by atoms with Crippen LogP contribution in [0.15, 0.2) is 0 Å². The molecule has 3 amide bonds. The molecule has 0 aliphatic carbocycles. The summed E-state index contributed by atoms with van der Waals surface area (Å²) < 4.78 is 0. The van der Waals surface area contributed by atoms with E-state index in [1.165, 1.54) is 11.8 Å². The van der Waals surface area contributed by atoms with Crippen molar-refractivity contribution in [3.63, 3.8) is 0 Å². The molecule has 0 rings (SSSR count). The van der Waals surface area contributed by atoms with Gasteiger partial charge in [0.05, 0.1) is 6.04 Å². The van der Waals surface area contributed by atoms with Gasteiger partial charge in [0, 0.05) is 6.42 Å². The fourth-order valence-corrected chi connectivity index (χ4v) is 3.47. The van der Waals surface area contributed by atoms with Gasteiger partial charge in [0.2, 0.25) is 17.7 Å². The van der Waals surface area contributed by atoms with Crippen LogP contribution in [-0.2, 0) is 24.0 Å². The van der Waals surface area contributed by atoms with Crippen LogP contribution >= 0.6 is 11.8 Å². The molecule has 0 saturated carbocycles. The Morgan fingerprint density at radius 3 is 1.97 bits per heavy atom. The molecule has 4 unspecified atom stereocenters. The quantitative estimate of drug-likeness (QED) is 0.116. The number of hydrogen-bond acceptors (Lipinski definition) is 8. The van der Waals surface area contributed by atoms with Crippen molar-refractivity contribution < 1.29 is 34.2 Å². The number of hydrogen-bond donors (Lipinski definition) is 7. The van der Waals surface area contributed by atoms with Gasteiger partial charge in [-0.25, -0.2) is 4.79 Å². The predicted molar refractivity (Wildman–Crippen MR) is 129 cm³/mol. The molecule has 0 aromatic rings. The van der Waals surface area contributed by atoms with Crippen molar-refractivity contribution in [1.29, 1.82) is 0 Å². The van der Waals surface area contributed by atoms with Crippen molar-refractivity contribution in [3.05, 3.63) is 0 Å². The molecule has 0 aromatic carbocycles. The van der Waals surface area contributed by atoms with Crippen molar-refractivity contribution in [1.82, 2.24) is 16.0 Å². The molecular formula is C21H39N5O7S. The Labute approximate surface area is 204 Å². The lowest BCUT2D eigenvalue weighted by Crippen LogP contribution is -2.58. The number of nitrogens with two attached hydrogens (primary N) is 2. The Morgan fingerprint density at radius 2 is 1.47 bits per heavy atom. The molecule has 9 N–H and O–H groups in total. The predicted octanol–water partition coefficient (Wildman–Crippen LogP) is -0.744. The molecular weight excluding hydrogens is 466 g/mol. The van der Waals surface area contributed by atoms with E-state index in [1.807, 2.05) is 6.26 Å². The number of aliphatic carboxylic acids is 2. The smallest absolute Gasteiger partial charge is 0.326 e. The molecule has 0 saturated heterocycles. The van der Waals surface area contributed by atoms with E-state index in [4.69, 9.17) is 16.6 Å². The number of nitrogens with one attached hydrogen (secondary N) is 3. The number of thioether (sulfide) groups is 1. The number of unbranched alkanes of at least 4 members (excludes halogenated alkanes) is 1. The van der Waals surface area contributed by atoms with Gasteiger partial charge in [0.25, 0.3) is 0 Å². The maximum Gasteiger partial charge on any atom is 0.326 e. The maximum absolute atomic E-state index is 13.0. The second kappa shape index (κ2) is 17.1. The molecule has 13 heteroatoms. The van der Waals surface area contributed by atoms with Gasteiger partial charge in [0.1, 0.15) is 18.1 Å². The molecule has 0 fully saturated rings. The molecule has 4 atom stereocenters. The van der Waals surface area contributed by atoms with Crippen LogP contribution in [0.25, 0.3) is 0 Å². The van der Waals surface area contributed by atoms with Crippen molar-refractivity contribution in [2.75, 3.05) is 18.6 Å². The number of carboxylic acids is 2. The minimum Gasteiger partial charge on any atom is -0.481 e. The third-order valence-electron chi connectivity index (χ3n) is 5.06. The summed E-state index contributed by atoms with van der Waals surface area (Å²) in [6.07, 6.45) is 3.10. The normalized spacial score (nSPS) is 14.5. The first-order valence-electron chi connectivity index (χ1n) is 11.2. The van der Waals surface area contributed by atoms with E-state index in [1.54, 1.807) is 13.8 Å². The van der Waals surface area contributed by atoms with Gasteiger partial charge >= 0.3 is 11.9 Å². The highest BCUT2D eigenvalue weighted by Crippen LogP contribution is 2.08. The summed E-state index contributed by atoms with van der Waals surface area (Å²) in [6.45, 7) is 3.95. The Bertz CT molecular complexity index is 692. The lowest BCUT2D eigenvalue weighted by atomic mass is 10.0. The molecule has 0 spiro atoms. The SMILES string of the molecule is CSCCC(NC(=O)C(NC(=O)C(N)CCCCN)C(C)C)C(=O)NC(CCC(=O)O)C(=O)O. The summed E-state index contributed by atoms with van der Waals surface area (Å²) in [7, 11) is 0. The van der Waals surface area contributed by atoms with Gasteiger partial charge in [-0.1, -0.05) is 20.3 Å². The fourth-order valence-electron chi connectivity index (χ4n) is 3.00. The zero-order valence-corrected chi connectivity index (χ0v) is 20.9. The number of carboxylic acid groups (broad SMARTS) is 2. The van der Waals surface area contributed by atoms with Crippen LogP contribution in [0, 0.1) is 5.92 Å². The van der Waals surface area contributed by atoms with E-state index in [-0.39, 0.29) is 18.8 Å². The zero-order chi connectivity index (χ0) is 26.3. The maximum atomic E-state index is 13.0. The van der Waals surface area contributed by atoms with Crippen molar-refractivity contribution >= 4 is 41.4 Å². The van der Waals surface area contributed by atoms with Gasteiger partial charge in [0.15, 0.2) is 0 Å². The van der Waals surface area contributed by atoms with Crippen LogP contribution in [-0.4, -0.2) is 82.6 Å². The minimum absolute atomic E-state index is 0.210. The first-order chi connectivity index (χ1) is 15.9. The van der Waals surface area contributed by atoms with Crippen LogP contribution < -0.4 is 27.4 Å². The molecule has 34 heavy (non-hydrogen) atoms. The van der Waals surface area contributed by atoms with E-state index in [0.717, 1.165) is 6.42 Å². The molecule has 12 nitrogen and oxygen atoms in total. The molecule has 0 aliphatic heterocycles. The van der Waals surface area contributed by atoms with E-state index >= 15 is 0 Å². The van der Waals surface area contributed by atoms with Gasteiger partial charge < -0.3 is 37.6 Å². The molecule has 0 heterocycles. The molecule has 0 aromatic heterocycles. The molecule has 0 bridgehead atoms. The topological polar surface area (TPSA) is 214 Å². The second-order valence-electron chi connectivity index (χ2n) is 8.30. The summed E-state index contributed by atoms with van der Waals surface area (Å²) in [5.41, 5.74) is 11.4. The number of carbonyl (C=O) groups excluding carboxylic acids is 3. The highest BCUT2D eigenvalue weighted by Gasteiger charge is 2.31. The lowest BCUT2D eigenvalue weighted by molar-refractivity contribution is -0.143. The van der Waals surface area contributed by atoms with Crippen LogP contribution in [0.4, 0.5) is 0 Å². The van der Waals surface area contributed by atoms with Gasteiger partial charge in [-0.05, 0) is 50.2 Å². The third-order valence-corrected chi connectivity index (χ3v) is 5.70. The van der Waals surface area contributed by atoms with Gasteiger partial charge in [-0.3, -0.25) is 19.2 Å². The highest BCUT2D eigenvalue weighted by molar-refractivity contribution is 7.98. The number of amides is 3. The highest BCUT2D eigenvalue weighted by atomic mass is 32.2. The lowest BCUT2D eigenvalue weighted by Gasteiger charge is -2.27. The molecule has 0 radical (unpaired) electrons. The number of carbonyl (C=O) groups is 5. The first-order valence-corrected chi connectivity index (χ1v) is 12.6. The Hall–Kier alpha value is -2.38. The van der Waals surface area contributed by atoms with E-state index in [0.29, 0.717) is 25.1 Å². The summed E-state index contributed by atoms with van der Waals surface area (Å²) in [6, 6.07) is -4.24. The average Bonchev–Trinajstić information content (AvgIpc) is 2.76. The summed E-state index contributed by atoms with van der Waals surface area (Å²) in [5.74, 6) is -4.22. The summed E-state index contributed by atoms with van der Waals surface area (Å²) >= 11 is 1.43. The van der Waals surface area contributed by atoms with E-state index in [2.05, 4.69) is 16.0 Å². The Kier molecular flexibility index (Phi) is 15.9. The van der Waals surface area contributed by atoms with Gasteiger partial charge in [-0.2, -0.15) is 11.8 Å². The van der Waals surface area contributed by atoms with Crippen molar-refractivity contribution in [2.45, 2.75) is 76.5 Å². The molecule has 0 aliphatic rings. The van der Waals surface area contributed by atoms with E-state index < -0.39 is 60.2 Å². The van der Waals surface area contributed by atoms with E-state index in [9.17, 15) is 29.1 Å². The first kappa shape index (κ1) is 31.6. The number of rotatable bonds is 18. The summed E-state index contributed by atoms with van der Waals surface area (Å²) in [5, 5.41) is 25.6. The van der Waals surface area contributed by atoms with Crippen molar-refractivity contribution in [2.24, 2.45) is 17.4 Å². The Balaban J connectivity index is 5.31. The van der Waals surface area contributed by atoms with Crippen LogP contribution in [0.2, 0.25) is 0 Å². The zero-order valence-electron chi connectivity index (χ0n) is 20.0. The average molecular weight is 506 g/mol. The fraction of sp³-hybridized carbons (Fsp3) is 0.762. The van der Waals surface area contributed by atoms with Crippen LogP contribution in [0.5, 0.6) is 0 Å². The summed E-state index contributed by atoms with van der Waals surface area (Å²) in [4.78, 5) is 60.3. The standard InChI is InChI=1S/C21H39N5O7S/c1-12(2)17(26-18(29)13(23)6-4-5-10-22)20(31)24-14(9-11-34-3)19(30)25-15(21(32)33)7-8-16(27)28/h12-15,17H,4-11,22-23H2,1-3H3,(H,24,31)(H,25,30)(H,26,29)(H,27,28)(H,32,33). The van der Waals surface area contributed by atoms with Crippen LogP contribution in [0.1, 0.15) is 52.4 Å². The Morgan fingerprint density at radius 1 is 0.853 bits per heavy atom. The third kappa shape index (κ3) is 12.8.